The van der Waals surface area contributed by atoms with Crippen LogP contribution in [0.1, 0.15) is 47.5 Å². The second-order valence-electron chi connectivity index (χ2n) is 6.73. The van der Waals surface area contributed by atoms with Gasteiger partial charge in [-0.05, 0) is 41.0 Å². The zero-order chi connectivity index (χ0) is 17.0. The Kier molecular flexibility index (Phi) is 6.19. The highest BCUT2D eigenvalue weighted by Crippen LogP contribution is 2.26. The molecule has 0 aromatic rings. The molecule has 0 aromatic heterocycles. The molecule has 1 fully saturated rings. The van der Waals surface area contributed by atoms with Crippen molar-refractivity contribution in [3.63, 3.8) is 0 Å². The molecule has 0 unspecified atom stereocenters. The van der Waals surface area contributed by atoms with Crippen molar-refractivity contribution in [2.45, 2.75) is 71.0 Å². The average Bonchev–Trinajstić information content (AvgIpc) is 2.72. The van der Waals surface area contributed by atoms with Crippen molar-refractivity contribution in [2.24, 2.45) is 0 Å². The van der Waals surface area contributed by atoms with Crippen LogP contribution in [0.2, 0.25) is 0 Å². The second-order valence-corrected chi connectivity index (χ2v) is 6.73. The molecule has 128 valence electrons. The van der Waals surface area contributed by atoms with E-state index in [1.165, 1.54) is 7.11 Å². The molecule has 0 aliphatic carbocycles. The third kappa shape index (κ3) is 6.62. The van der Waals surface area contributed by atoms with Crippen molar-refractivity contribution in [3.8, 4) is 0 Å². The molecule has 1 rings (SSSR count). The number of carbonyl (C=O) groups excluding carboxylic acids is 2. The minimum atomic E-state index is -0.705. The van der Waals surface area contributed by atoms with E-state index >= 15 is 0 Å². The number of hydrogen-bond donors (Lipinski definition) is 1. The third-order valence-corrected chi connectivity index (χ3v) is 3.07. The molecule has 7 heteroatoms. The molecule has 22 heavy (non-hydrogen) atoms. The Bertz CT molecular complexity index is 401. The van der Waals surface area contributed by atoms with Gasteiger partial charge in [-0.25, -0.2) is 4.79 Å². The van der Waals surface area contributed by atoms with Crippen LogP contribution in [-0.2, 0) is 23.7 Å². The molecule has 0 aromatic carbocycles. The van der Waals surface area contributed by atoms with E-state index in [1.54, 1.807) is 34.6 Å². The first kappa shape index (κ1) is 18.7. The molecule has 1 N–H and O–H groups in total. The smallest absolute Gasteiger partial charge is 0.407 e. The highest BCUT2D eigenvalue weighted by molar-refractivity contribution is 5.70. The highest BCUT2D eigenvalue weighted by atomic mass is 16.7. The number of hydrogen-bond acceptors (Lipinski definition) is 6. The number of amides is 1. The standard InChI is InChI=1S/C15H27NO6/c1-14(2,3)22-13(18)16-10(7-8-12(17)19-6)11-9-20-15(4,5)21-11/h10-11H,7-9H2,1-6H3,(H,16,18)/t10-,11-/m0/s1. The van der Waals surface area contributed by atoms with E-state index in [2.05, 4.69) is 10.1 Å². The summed E-state index contributed by atoms with van der Waals surface area (Å²) < 4.78 is 21.2. The summed E-state index contributed by atoms with van der Waals surface area (Å²) in [6.07, 6.45) is -0.323. The monoisotopic (exact) mass is 317 g/mol. The number of carbonyl (C=O) groups is 2. The Morgan fingerprint density at radius 2 is 2.00 bits per heavy atom. The number of methoxy groups -OCH3 is 1. The maximum Gasteiger partial charge on any atom is 0.407 e. The van der Waals surface area contributed by atoms with Crippen LogP contribution in [0.15, 0.2) is 0 Å². The molecular formula is C15H27NO6. The van der Waals surface area contributed by atoms with Gasteiger partial charge in [0.05, 0.1) is 19.8 Å². The van der Waals surface area contributed by atoms with Crippen LogP contribution < -0.4 is 5.32 Å². The number of nitrogens with one attached hydrogen (secondary N) is 1. The van der Waals surface area contributed by atoms with Crippen molar-refractivity contribution in [2.75, 3.05) is 13.7 Å². The first-order valence-electron chi connectivity index (χ1n) is 7.40. The van der Waals surface area contributed by atoms with Crippen molar-refractivity contribution < 1.29 is 28.5 Å². The lowest BCUT2D eigenvalue weighted by molar-refractivity contribution is -0.144. The lowest BCUT2D eigenvalue weighted by atomic mass is 10.1. The largest absolute Gasteiger partial charge is 0.469 e. The first-order valence-corrected chi connectivity index (χ1v) is 7.40. The summed E-state index contributed by atoms with van der Waals surface area (Å²) in [5.74, 6) is -1.04. The van der Waals surface area contributed by atoms with E-state index in [0.717, 1.165) is 0 Å². The predicted molar refractivity (Wildman–Crippen MR) is 79.3 cm³/mol. The van der Waals surface area contributed by atoms with E-state index in [-0.39, 0.29) is 18.5 Å². The van der Waals surface area contributed by atoms with Gasteiger partial charge in [0.2, 0.25) is 0 Å². The van der Waals surface area contributed by atoms with E-state index in [9.17, 15) is 9.59 Å². The van der Waals surface area contributed by atoms with Crippen LogP contribution in [0.5, 0.6) is 0 Å². The lowest BCUT2D eigenvalue weighted by Crippen LogP contribution is -2.47. The Hall–Kier alpha value is -1.34. The van der Waals surface area contributed by atoms with Crippen molar-refractivity contribution in [1.82, 2.24) is 5.32 Å². The summed E-state index contributed by atoms with van der Waals surface area (Å²) in [6.45, 7) is 9.31. The Morgan fingerprint density at radius 3 is 2.45 bits per heavy atom. The number of esters is 1. The number of rotatable bonds is 5. The third-order valence-electron chi connectivity index (χ3n) is 3.07. The normalized spacial score (nSPS) is 22.0. The molecule has 0 saturated carbocycles. The van der Waals surface area contributed by atoms with Crippen molar-refractivity contribution >= 4 is 12.1 Å². The van der Waals surface area contributed by atoms with E-state index in [0.29, 0.717) is 13.0 Å². The molecule has 1 aliphatic rings. The summed E-state index contributed by atoms with van der Waals surface area (Å²) in [7, 11) is 1.33. The van der Waals surface area contributed by atoms with Gasteiger partial charge in [0.1, 0.15) is 11.7 Å². The van der Waals surface area contributed by atoms with Crippen molar-refractivity contribution in [3.05, 3.63) is 0 Å². The van der Waals surface area contributed by atoms with Gasteiger partial charge in [-0.15, -0.1) is 0 Å². The van der Waals surface area contributed by atoms with Gasteiger partial charge in [0, 0.05) is 6.42 Å². The van der Waals surface area contributed by atoms with E-state index < -0.39 is 23.5 Å². The summed E-state index contributed by atoms with van der Waals surface area (Å²) in [5.41, 5.74) is -0.594. The molecule has 0 spiro atoms. The van der Waals surface area contributed by atoms with Gasteiger partial charge in [-0.1, -0.05) is 0 Å². The Balaban J connectivity index is 2.66. The SMILES string of the molecule is COC(=O)CC[C@H](NC(=O)OC(C)(C)C)[C@@H]1COC(C)(C)O1. The van der Waals surface area contributed by atoms with Crippen molar-refractivity contribution in [1.29, 1.82) is 0 Å². The van der Waals surface area contributed by atoms with E-state index in [4.69, 9.17) is 14.2 Å². The molecule has 1 amide bonds. The minimum Gasteiger partial charge on any atom is -0.469 e. The van der Waals surface area contributed by atoms with Crippen LogP contribution in [0.4, 0.5) is 4.79 Å². The molecule has 2 atom stereocenters. The van der Waals surface area contributed by atoms with Gasteiger partial charge in [-0.3, -0.25) is 4.79 Å². The van der Waals surface area contributed by atoms with Crippen LogP contribution in [0.25, 0.3) is 0 Å². The van der Waals surface area contributed by atoms with Gasteiger partial charge >= 0.3 is 12.1 Å². The summed E-state index contributed by atoms with van der Waals surface area (Å²) >= 11 is 0. The van der Waals surface area contributed by atoms with Gasteiger partial charge in [0.25, 0.3) is 0 Å². The molecule has 1 saturated heterocycles. The fourth-order valence-electron chi connectivity index (χ4n) is 2.10. The molecule has 7 nitrogen and oxygen atoms in total. The maximum atomic E-state index is 12.0. The average molecular weight is 317 g/mol. The Morgan fingerprint density at radius 1 is 1.36 bits per heavy atom. The van der Waals surface area contributed by atoms with Crippen LogP contribution in [0, 0.1) is 0 Å². The summed E-state index contributed by atoms with van der Waals surface area (Å²) in [4.78, 5) is 23.3. The fraction of sp³-hybridized carbons (Fsp3) is 0.867. The molecule has 0 bridgehead atoms. The molecule has 0 radical (unpaired) electrons. The lowest BCUT2D eigenvalue weighted by Gasteiger charge is -2.27. The van der Waals surface area contributed by atoms with Crippen LogP contribution in [0.3, 0.4) is 0 Å². The molecule has 1 aliphatic heterocycles. The molecular weight excluding hydrogens is 290 g/mol. The summed E-state index contributed by atoms with van der Waals surface area (Å²) in [6, 6.07) is -0.393. The number of ether oxygens (including phenoxy) is 4. The zero-order valence-corrected chi connectivity index (χ0v) is 14.2. The predicted octanol–water partition coefficient (Wildman–Crippen LogP) is 1.98. The second kappa shape index (κ2) is 7.28. The highest BCUT2D eigenvalue weighted by Gasteiger charge is 2.38. The maximum absolute atomic E-state index is 12.0. The van der Waals surface area contributed by atoms with Crippen LogP contribution in [-0.4, -0.2) is 49.3 Å². The van der Waals surface area contributed by atoms with Crippen LogP contribution >= 0.6 is 0 Å². The minimum absolute atomic E-state index is 0.178. The molecule has 1 heterocycles. The summed E-state index contributed by atoms with van der Waals surface area (Å²) in [5, 5.41) is 2.76. The zero-order valence-electron chi connectivity index (χ0n) is 14.2. The van der Waals surface area contributed by atoms with E-state index in [1.807, 2.05) is 0 Å². The topological polar surface area (TPSA) is 83.1 Å². The fourth-order valence-corrected chi connectivity index (χ4v) is 2.10. The van der Waals surface area contributed by atoms with Gasteiger partial charge in [-0.2, -0.15) is 0 Å². The van der Waals surface area contributed by atoms with Gasteiger partial charge in [0.15, 0.2) is 5.79 Å². The Labute approximate surface area is 131 Å². The quantitative estimate of drug-likeness (QED) is 0.781. The van der Waals surface area contributed by atoms with Gasteiger partial charge < -0.3 is 24.3 Å². The first-order chi connectivity index (χ1) is 10.0. The number of alkyl carbamates (subject to hydrolysis) is 1.